The molecule has 3 nitrogen and oxygen atoms in total. The molecule has 0 aromatic heterocycles. The topological polar surface area (TPSA) is 52.9 Å². The first-order valence-corrected chi connectivity index (χ1v) is 8.28. The Morgan fingerprint density at radius 2 is 1.92 bits per heavy atom. The van der Waals surface area contributed by atoms with E-state index >= 15 is 0 Å². The zero-order chi connectivity index (χ0) is 17.4. The number of unbranched alkanes of at least 4 members (excludes halogenated alkanes) is 1. The van der Waals surface area contributed by atoms with Gasteiger partial charge in [-0.1, -0.05) is 55.3 Å². The van der Waals surface area contributed by atoms with Crippen molar-refractivity contribution in [2.45, 2.75) is 26.2 Å². The van der Waals surface area contributed by atoms with Gasteiger partial charge < -0.3 is 5.32 Å². The number of hydrogen-bond donors (Lipinski definition) is 1. The number of amides is 1. The molecule has 122 valence electrons. The molecule has 2 rings (SSSR count). The third-order valence-corrected chi connectivity index (χ3v) is 3.95. The summed E-state index contributed by atoms with van der Waals surface area (Å²) in [5, 5.41) is 12.5. The Bertz CT molecular complexity index is 773. The van der Waals surface area contributed by atoms with Gasteiger partial charge in [0.2, 0.25) is 0 Å². The fourth-order valence-corrected chi connectivity index (χ4v) is 2.42. The number of carbonyl (C=O) groups is 1. The minimum Gasteiger partial charge on any atom is -0.321 e. The van der Waals surface area contributed by atoms with Crippen molar-refractivity contribution in [2.75, 3.05) is 5.32 Å². The molecule has 0 atom stereocenters. The second-order valence-corrected chi connectivity index (χ2v) is 5.85. The van der Waals surface area contributed by atoms with Gasteiger partial charge in [0.25, 0.3) is 5.91 Å². The summed E-state index contributed by atoms with van der Waals surface area (Å²) in [5.74, 6) is -0.446. The second kappa shape index (κ2) is 8.90. The van der Waals surface area contributed by atoms with Crippen molar-refractivity contribution in [1.29, 1.82) is 5.26 Å². The van der Waals surface area contributed by atoms with Crippen molar-refractivity contribution in [3.05, 3.63) is 70.3 Å². The molecule has 24 heavy (non-hydrogen) atoms. The molecule has 0 saturated heterocycles. The molecule has 0 aliphatic heterocycles. The molecule has 0 heterocycles. The van der Waals surface area contributed by atoms with E-state index in [0.717, 1.165) is 19.3 Å². The standard InChI is InChI=1S/C20H19ClN2O/c1-2-3-6-15-9-11-18(12-10-15)23-20(24)17(14-22)13-16-7-4-5-8-19(16)21/h4-5,7-13H,2-3,6H2,1H3,(H,23,24). The van der Waals surface area contributed by atoms with Crippen molar-refractivity contribution < 1.29 is 4.79 Å². The summed E-state index contributed by atoms with van der Waals surface area (Å²) in [6.07, 6.45) is 4.82. The van der Waals surface area contributed by atoms with Crippen LogP contribution in [0.1, 0.15) is 30.9 Å². The molecule has 0 radical (unpaired) electrons. The molecular formula is C20H19ClN2O. The molecule has 0 saturated carbocycles. The predicted octanol–water partition coefficient (Wildman–Crippen LogP) is 5.23. The molecule has 2 aromatic carbocycles. The average molecular weight is 339 g/mol. The van der Waals surface area contributed by atoms with Gasteiger partial charge in [-0.3, -0.25) is 4.79 Å². The van der Waals surface area contributed by atoms with Crippen molar-refractivity contribution in [3.63, 3.8) is 0 Å². The number of carbonyl (C=O) groups excluding carboxylic acids is 1. The van der Waals surface area contributed by atoms with Gasteiger partial charge in [0, 0.05) is 10.7 Å². The SMILES string of the molecule is CCCCc1ccc(NC(=O)C(C#N)=Cc2ccccc2Cl)cc1. The highest BCUT2D eigenvalue weighted by Crippen LogP contribution is 2.19. The number of anilines is 1. The fraction of sp³-hybridized carbons (Fsp3) is 0.200. The summed E-state index contributed by atoms with van der Waals surface area (Å²) < 4.78 is 0. The van der Waals surface area contributed by atoms with Gasteiger partial charge >= 0.3 is 0 Å². The minimum atomic E-state index is -0.446. The summed E-state index contributed by atoms with van der Waals surface area (Å²) in [7, 11) is 0. The lowest BCUT2D eigenvalue weighted by Gasteiger charge is -2.06. The number of rotatable bonds is 6. The third-order valence-electron chi connectivity index (χ3n) is 3.60. The van der Waals surface area contributed by atoms with E-state index in [9.17, 15) is 10.1 Å². The van der Waals surface area contributed by atoms with Crippen LogP contribution in [-0.2, 0) is 11.2 Å². The molecule has 0 aliphatic rings. The highest BCUT2D eigenvalue weighted by Gasteiger charge is 2.10. The van der Waals surface area contributed by atoms with Crippen LogP contribution in [0.5, 0.6) is 0 Å². The number of halogens is 1. The van der Waals surface area contributed by atoms with Gasteiger partial charge in [-0.05, 0) is 48.2 Å². The number of nitrogens with zero attached hydrogens (tertiary/aromatic N) is 1. The number of nitrogens with one attached hydrogen (secondary N) is 1. The quantitative estimate of drug-likeness (QED) is 0.579. The van der Waals surface area contributed by atoms with Crippen LogP contribution >= 0.6 is 11.6 Å². The molecule has 0 spiro atoms. The van der Waals surface area contributed by atoms with E-state index < -0.39 is 5.91 Å². The Hall–Kier alpha value is -2.57. The van der Waals surface area contributed by atoms with Crippen LogP contribution in [-0.4, -0.2) is 5.91 Å². The summed E-state index contributed by atoms with van der Waals surface area (Å²) in [6.45, 7) is 2.16. The van der Waals surface area contributed by atoms with Crippen LogP contribution in [0.2, 0.25) is 5.02 Å². The van der Waals surface area contributed by atoms with Crippen molar-refractivity contribution in [1.82, 2.24) is 0 Å². The minimum absolute atomic E-state index is 0.0122. The molecule has 1 amide bonds. The number of benzene rings is 2. The Morgan fingerprint density at radius 1 is 1.21 bits per heavy atom. The third kappa shape index (κ3) is 4.97. The van der Waals surface area contributed by atoms with Gasteiger partial charge in [0.15, 0.2) is 0 Å². The highest BCUT2D eigenvalue weighted by atomic mass is 35.5. The van der Waals surface area contributed by atoms with Crippen LogP contribution in [0.15, 0.2) is 54.1 Å². The lowest BCUT2D eigenvalue weighted by atomic mass is 10.1. The first-order valence-electron chi connectivity index (χ1n) is 7.90. The van der Waals surface area contributed by atoms with Crippen LogP contribution in [0.25, 0.3) is 6.08 Å². The Labute approximate surface area is 147 Å². The first kappa shape index (κ1) is 17.8. The van der Waals surface area contributed by atoms with Crippen molar-refractivity contribution >= 4 is 29.3 Å². The van der Waals surface area contributed by atoms with E-state index in [1.165, 1.54) is 11.6 Å². The lowest BCUT2D eigenvalue weighted by molar-refractivity contribution is -0.112. The zero-order valence-corrected chi connectivity index (χ0v) is 14.3. The lowest BCUT2D eigenvalue weighted by Crippen LogP contribution is -2.13. The maximum absolute atomic E-state index is 12.3. The van der Waals surface area contributed by atoms with E-state index in [2.05, 4.69) is 12.2 Å². The Morgan fingerprint density at radius 3 is 2.54 bits per heavy atom. The van der Waals surface area contributed by atoms with Crippen molar-refractivity contribution in [3.8, 4) is 6.07 Å². The van der Waals surface area contributed by atoms with E-state index in [4.69, 9.17) is 11.6 Å². The normalized spacial score (nSPS) is 11.0. The van der Waals surface area contributed by atoms with Gasteiger partial charge in [0.05, 0.1) is 0 Å². The smallest absolute Gasteiger partial charge is 0.266 e. The fourth-order valence-electron chi connectivity index (χ4n) is 2.23. The predicted molar refractivity (Wildman–Crippen MR) is 98.7 cm³/mol. The van der Waals surface area contributed by atoms with Gasteiger partial charge in [-0.2, -0.15) is 5.26 Å². The largest absolute Gasteiger partial charge is 0.321 e. The molecule has 0 unspecified atom stereocenters. The highest BCUT2D eigenvalue weighted by molar-refractivity contribution is 6.32. The van der Waals surface area contributed by atoms with E-state index in [1.807, 2.05) is 30.3 Å². The maximum Gasteiger partial charge on any atom is 0.266 e. The summed E-state index contributed by atoms with van der Waals surface area (Å²) in [4.78, 5) is 12.3. The molecule has 1 N–H and O–H groups in total. The maximum atomic E-state index is 12.3. The molecule has 0 bridgehead atoms. The van der Waals surface area contributed by atoms with Gasteiger partial charge in [-0.15, -0.1) is 0 Å². The van der Waals surface area contributed by atoms with Gasteiger partial charge in [0.1, 0.15) is 11.6 Å². The van der Waals surface area contributed by atoms with E-state index in [-0.39, 0.29) is 5.57 Å². The Balaban J connectivity index is 2.10. The first-order chi connectivity index (χ1) is 11.6. The van der Waals surface area contributed by atoms with Crippen LogP contribution in [0, 0.1) is 11.3 Å². The molecule has 0 aliphatic carbocycles. The van der Waals surface area contributed by atoms with Crippen molar-refractivity contribution in [2.24, 2.45) is 0 Å². The molecule has 2 aromatic rings. The van der Waals surface area contributed by atoms with E-state index in [1.54, 1.807) is 24.3 Å². The average Bonchev–Trinajstić information content (AvgIpc) is 2.60. The summed E-state index contributed by atoms with van der Waals surface area (Å²) in [5.41, 5.74) is 2.56. The number of nitriles is 1. The monoisotopic (exact) mass is 338 g/mol. The number of hydrogen-bond acceptors (Lipinski definition) is 2. The second-order valence-electron chi connectivity index (χ2n) is 5.45. The van der Waals surface area contributed by atoms with E-state index in [0.29, 0.717) is 16.3 Å². The van der Waals surface area contributed by atoms with Gasteiger partial charge in [-0.25, -0.2) is 0 Å². The summed E-state index contributed by atoms with van der Waals surface area (Å²) >= 11 is 6.06. The van der Waals surface area contributed by atoms with Crippen LogP contribution < -0.4 is 5.32 Å². The summed E-state index contributed by atoms with van der Waals surface area (Å²) in [6, 6.07) is 16.7. The number of aryl methyl sites for hydroxylation is 1. The zero-order valence-electron chi connectivity index (χ0n) is 13.6. The Kier molecular flexibility index (Phi) is 6.60. The molecule has 4 heteroatoms. The van der Waals surface area contributed by atoms with Crippen LogP contribution in [0.3, 0.4) is 0 Å². The molecular weight excluding hydrogens is 320 g/mol. The molecule has 0 fully saturated rings. The van der Waals surface area contributed by atoms with Crippen LogP contribution in [0.4, 0.5) is 5.69 Å².